The first-order valence-electron chi connectivity index (χ1n) is 14.4. The lowest BCUT2D eigenvalue weighted by molar-refractivity contribution is -0.128. The van der Waals surface area contributed by atoms with Gasteiger partial charge in [0.1, 0.15) is 12.4 Å². The molecule has 0 bridgehead atoms. The van der Waals surface area contributed by atoms with Crippen LogP contribution < -0.4 is 15.0 Å². The second kappa shape index (κ2) is 10.5. The molecule has 8 nitrogen and oxygen atoms in total. The Bertz CT molecular complexity index is 1690. The van der Waals surface area contributed by atoms with Crippen LogP contribution in [0.15, 0.2) is 90.5 Å². The summed E-state index contributed by atoms with van der Waals surface area (Å²) in [6.45, 7) is -0.167. The molecule has 0 spiro atoms. The number of ether oxygens (including phenoxy) is 1. The molecule has 2 N–H and O–H groups in total. The van der Waals surface area contributed by atoms with Crippen LogP contribution in [0.2, 0.25) is 5.02 Å². The predicted molar refractivity (Wildman–Crippen MR) is 158 cm³/mol. The minimum atomic E-state index is -1.38. The molecule has 4 amide bonds. The number of aliphatic hydroxyl groups excluding tert-OH is 1. The van der Waals surface area contributed by atoms with Crippen molar-refractivity contribution in [3.8, 4) is 5.75 Å². The van der Waals surface area contributed by atoms with Crippen molar-refractivity contribution in [2.45, 2.75) is 24.2 Å². The van der Waals surface area contributed by atoms with Crippen LogP contribution in [-0.2, 0) is 24.6 Å². The average Bonchev–Trinajstić information content (AvgIpc) is 3.44. The zero-order chi connectivity index (χ0) is 29.9. The Morgan fingerprint density at radius 1 is 0.930 bits per heavy atom. The van der Waals surface area contributed by atoms with Crippen LogP contribution in [0.1, 0.15) is 29.9 Å². The number of amides is 4. The third-order valence-corrected chi connectivity index (χ3v) is 9.82. The first-order chi connectivity index (χ1) is 20.9. The summed E-state index contributed by atoms with van der Waals surface area (Å²) in [5.74, 6) is -4.08. The maximum Gasteiger partial charge on any atom is 0.246 e. The Kier molecular flexibility index (Phi) is 6.71. The molecule has 2 aliphatic heterocycles. The van der Waals surface area contributed by atoms with Crippen molar-refractivity contribution in [2.75, 3.05) is 18.1 Å². The molecule has 43 heavy (non-hydrogen) atoms. The number of benzene rings is 3. The van der Waals surface area contributed by atoms with Crippen LogP contribution in [-0.4, -0.2) is 41.9 Å². The van der Waals surface area contributed by atoms with E-state index in [1.165, 1.54) is 4.90 Å². The van der Waals surface area contributed by atoms with Crippen molar-refractivity contribution >= 4 is 40.9 Å². The predicted octanol–water partition coefficient (Wildman–Crippen LogP) is 4.16. The van der Waals surface area contributed by atoms with Crippen LogP contribution in [0.5, 0.6) is 5.75 Å². The summed E-state index contributed by atoms with van der Waals surface area (Å²) >= 11 is 6.34. The molecule has 2 heterocycles. The van der Waals surface area contributed by atoms with Crippen molar-refractivity contribution in [2.24, 2.45) is 23.7 Å². The van der Waals surface area contributed by atoms with E-state index in [2.05, 4.69) is 5.32 Å². The number of allylic oxidation sites excluding steroid dienone is 2. The van der Waals surface area contributed by atoms with E-state index in [-0.39, 0.29) is 43.3 Å². The van der Waals surface area contributed by atoms with Gasteiger partial charge in [0.2, 0.25) is 23.6 Å². The standard InChI is InChI=1S/C34H29ClN2O6/c35-20-9-6-10-21(17-20)37-32(41)26-18-25-22(13-14-24-28(25)31(40)36-30(24)39)29(23-11-4-5-12-27(23)43-16-15-38)34(26,33(37)42)19-7-2-1-3-8-19/h1-13,17,24-26,28-29,38H,14-16,18H2,(H,36,39,40). The number of carbonyl (C=O) groups excluding carboxylic acids is 4. The van der Waals surface area contributed by atoms with Crippen molar-refractivity contribution in [1.82, 2.24) is 5.32 Å². The first kappa shape index (κ1) is 27.6. The van der Waals surface area contributed by atoms with E-state index in [4.69, 9.17) is 16.3 Å². The highest BCUT2D eigenvalue weighted by Crippen LogP contribution is 2.64. The highest BCUT2D eigenvalue weighted by Gasteiger charge is 2.70. The number of fused-ring (bicyclic) bond motifs is 4. The molecule has 3 aromatic carbocycles. The van der Waals surface area contributed by atoms with Gasteiger partial charge in [-0.15, -0.1) is 0 Å². The number of aliphatic hydroxyl groups is 1. The van der Waals surface area contributed by atoms with Gasteiger partial charge in [-0.05, 0) is 48.6 Å². The fourth-order valence-corrected chi connectivity index (χ4v) is 8.19. The largest absolute Gasteiger partial charge is 0.491 e. The molecule has 0 radical (unpaired) electrons. The van der Waals surface area contributed by atoms with E-state index in [0.29, 0.717) is 34.0 Å². The number of hydrogen-bond acceptors (Lipinski definition) is 6. The third-order valence-electron chi connectivity index (χ3n) is 9.59. The summed E-state index contributed by atoms with van der Waals surface area (Å²) < 4.78 is 6.02. The summed E-state index contributed by atoms with van der Waals surface area (Å²) in [5, 5.41) is 12.5. The fourth-order valence-electron chi connectivity index (χ4n) is 8.01. The molecular weight excluding hydrogens is 568 g/mol. The van der Waals surface area contributed by atoms with Gasteiger partial charge in [-0.25, -0.2) is 4.90 Å². The highest BCUT2D eigenvalue weighted by atomic mass is 35.5. The van der Waals surface area contributed by atoms with E-state index in [0.717, 1.165) is 5.57 Å². The van der Waals surface area contributed by atoms with Crippen LogP contribution >= 0.6 is 11.6 Å². The topological polar surface area (TPSA) is 113 Å². The third kappa shape index (κ3) is 4.00. The summed E-state index contributed by atoms with van der Waals surface area (Å²) in [5.41, 5.74) is 1.20. The molecular formula is C34H29ClN2O6. The lowest BCUT2D eigenvalue weighted by Gasteiger charge is -2.51. The van der Waals surface area contributed by atoms with E-state index in [9.17, 15) is 19.5 Å². The van der Waals surface area contributed by atoms with Crippen molar-refractivity contribution < 1.29 is 29.0 Å². The molecule has 218 valence electrons. The number of nitrogens with zero attached hydrogens (tertiary/aromatic N) is 1. The number of halogens is 1. The maximum absolute atomic E-state index is 15.1. The van der Waals surface area contributed by atoms with Crippen molar-refractivity contribution in [1.29, 1.82) is 0 Å². The maximum atomic E-state index is 15.1. The molecule has 7 rings (SSSR count). The Balaban J connectivity index is 1.52. The Labute approximate surface area is 253 Å². The summed E-state index contributed by atoms with van der Waals surface area (Å²) in [7, 11) is 0. The molecule has 3 fully saturated rings. The Morgan fingerprint density at radius 2 is 1.70 bits per heavy atom. The molecule has 0 aromatic heterocycles. The minimum absolute atomic E-state index is 0.0388. The van der Waals surface area contributed by atoms with Gasteiger partial charge in [0.15, 0.2) is 0 Å². The molecule has 3 aromatic rings. The van der Waals surface area contributed by atoms with Crippen LogP contribution in [0.4, 0.5) is 5.69 Å². The second-order valence-corrected chi connectivity index (χ2v) is 12.0. The van der Waals surface area contributed by atoms with E-state index < -0.39 is 35.0 Å². The smallest absolute Gasteiger partial charge is 0.246 e. The Morgan fingerprint density at radius 3 is 2.47 bits per heavy atom. The normalized spacial score (nSPS) is 29.5. The van der Waals surface area contributed by atoms with E-state index >= 15 is 4.79 Å². The number of hydrogen-bond donors (Lipinski definition) is 2. The molecule has 2 saturated heterocycles. The highest BCUT2D eigenvalue weighted by molar-refractivity contribution is 6.32. The molecule has 6 atom stereocenters. The molecule has 9 heteroatoms. The van der Waals surface area contributed by atoms with Gasteiger partial charge in [-0.3, -0.25) is 24.5 Å². The monoisotopic (exact) mass is 596 g/mol. The van der Waals surface area contributed by atoms with Crippen LogP contribution in [0.25, 0.3) is 0 Å². The van der Waals surface area contributed by atoms with Gasteiger partial charge in [0.25, 0.3) is 0 Å². The minimum Gasteiger partial charge on any atom is -0.491 e. The van der Waals surface area contributed by atoms with Gasteiger partial charge in [-0.2, -0.15) is 0 Å². The van der Waals surface area contributed by atoms with E-state index in [1.807, 2.05) is 54.6 Å². The SMILES string of the molecule is O=C1NC(=O)C2C1CC=C1C2CC2C(=O)N(c3cccc(Cl)c3)C(=O)C2(c2ccccc2)C1c1ccccc1OCCO. The lowest BCUT2D eigenvalue weighted by Crippen LogP contribution is -2.53. The first-order valence-corrected chi connectivity index (χ1v) is 14.8. The molecule has 4 aliphatic rings. The van der Waals surface area contributed by atoms with Crippen molar-refractivity contribution in [3.63, 3.8) is 0 Å². The Hall–Kier alpha value is -4.27. The molecule has 2 aliphatic carbocycles. The number of para-hydroxylation sites is 1. The van der Waals surface area contributed by atoms with Crippen LogP contribution in [0, 0.1) is 23.7 Å². The quantitative estimate of drug-likeness (QED) is 0.326. The zero-order valence-corrected chi connectivity index (χ0v) is 23.9. The van der Waals surface area contributed by atoms with Gasteiger partial charge >= 0.3 is 0 Å². The molecule has 6 unspecified atom stereocenters. The van der Waals surface area contributed by atoms with Gasteiger partial charge in [0, 0.05) is 16.5 Å². The summed E-state index contributed by atoms with van der Waals surface area (Å²) in [6.07, 6.45) is 2.57. The van der Waals surface area contributed by atoms with Crippen LogP contribution in [0.3, 0.4) is 0 Å². The summed E-state index contributed by atoms with van der Waals surface area (Å²) in [4.78, 5) is 57.0. The molecule has 1 saturated carbocycles. The van der Waals surface area contributed by atoms with Crippen molar-refractivity contribution in [3.05, 3.63) is 107 Å². The average molecular weight is 597 g/mol. The fraction of sp³-hybridized carbons (Fsp3) is 0.294. The summed E-state index contributed by atoms with van der Waals surface area (Å²) in [6, 6.07) is 23.3. The van der Waals surface area contributed by atoms with Gasteiger partial charge in [0.05, 0.1) is 35.5 Å². The number of anilines is 1. The second-order valence-electron chi connectivity index (χ2n) is 11.6. The van der Waals surface area contributed by atoms with Gasteiger partial charge < -0.3 is 9.84 Å². The zero-order valence-electron chi connectivity index (χ0n) is 23.1. The number of imide groups is 2. The number of carbonyl (C=O) groups is 4. The number of rotatable bonds is 6. The van der Waals surface area contributed by atoms with E-state index in [1.54, 1.807) is 30.3 Å². The number of nitrogens with one attached hydrogen (secondary N) is 1. The lowest BCUT2D eigenvalue weighted by atomic mass is 9.49. The van der Waals surface area contributed by atoms with Gasteiger partial charge in [-0.1, -0.05) is 77.8 Å².